The van der Waals surface area contributed by atoms with Gasteiger partial charge in [-0.25, -0.2) is 0 Å². The predicted octanol–water partition coefficient (Wildman–Crippen LogP) is 2.84. The molecule has 0 heterocycles. The fourth-order valence-corrected chi connectivity index (χ4v) is 1.67. The van der Waals surface area contributed by atoms with E-state index in [1.54, 1.807) is 36.4 Å². The number of hydrogen-bond donors (Lipinski definition) is 1. The molecule has 0 spiro atoms. The summed E-state index contributed by atoms with van der Waals surface area (Å²) in [5, 5.41) is 29.4. The van der Waals surface area contributed by atoms with Gasteiger partial charge in [-0.2, -0.15) is 5.26 Å². The van der Waals surface area contributed by atoms with E-state index < -0.39 is 4.92 Å². The molecule has 0 aromatic heterocycles. The molecule has 2 rings (SSSR count). The van der Waals surface area contributed by atoms with E-state index >= 15 is 0 Å². The van der Waals surface area contributed by atoms with Gasteiger partial charge in [-0.3, -0.25) is 10.1 Å². The third-order valence-electron chi connectivity index (χ3n) is 2.52. The van der Waals surface area contributed by atoms with E-state index in [1.807, 2.05) is 0 Å². The molecule has 0 saturated carbocycles. The molecule has 88 valence electrons. The Morgan fingerprint density at radius 2 is 1.89 bits per heavy atom. The highest BCUT2D eigenvalue weighted by Gasteiger charge is 2.18. The average molecular weight is 240 g/mol. The molecule has 0 amide bonds. The number of nitrogens with zero attached hydrogens (tertiary/aromatic N) is 2. The Bertz CT molecular complexity index is 645. The van der Waals surface area contributed by atoms with E-state index in [0.29, 0.717) is 11.1 Å². The average Bonchev–Trinajstić information content (AvgIpc) is 2.39. The second-order valence-electron chi connectivity index (χ2n) is 3.62. The van der Waals surface area contributed by atoms with Gasteiger partial charge >= 0.3 is 0 Å². The van der Waals surface area contributed by atoms with Crippen LogP contribution in [0, 0.1) is 21.4 Å². The minimum Gasteiger partial charge on any atom is -0.507 e. The molecule has 0 aliphatic carbocycles. The van der Waals surface area contributed by atoms with Crippen molar-refractivity contribution in [3.63, 3.8) is 0 Å². The first-order valence-corrected chi connectivity index (χ1v) is 5.10. The van der Waals surface area contributed by atoms with Crippen molar-refractivity contribution in [2.75, 3.05) is 0 Å². The highest BCUT2D eigenvalue weighted by molar-refractivity contribution is 5.75. The van der Waals surface area contributed by atoms with Crippen LogP contribution < -0.4 is 0 Å². The third-order valence-corrected chi connectivity index (χ3v) is 2.52. The molecular formula is C13H8N2O3. The molecule has 5 heteroatoms. The van der Waals surface area contributed by atoms with E-state index in [4.69, 9.17) is 5.26 Å². The second-order valence-corrected chi connectivity index (χ2v) is 3.62. The van der Waals surface area contributed by atoms with Crippen molar-refractivity contribution in [3.8, 4) is 22.9 Å². The molecule has 0 atom stereocenters. The van der Waals surface area contributed by atoms with Gasteiger partial charge in [-0.05, 0) is 5.56 Å². The van der Waals surface area contributed by atoms with Gasteiger partial charge in [0.25, 0.3) is 5.69 Å². The standard InChI is InChI=1S/C13H8N2O3/c14-8-10-6-13(16)11(7-12(10)15(17)18)9-4-2-1-3-5-9/h1-7,16H. The van der Waals surface area contributed by atoms with Crippen LogP contribution in [-0.4, -0.2) is 10.0 Å². The Morgan fingerprint density at radius 3 is 2.44 bits per heavy atom. The molecule has 2 aromatic rings. The van der Waals surface area contributed by atoms with Crippen LogP contribution in [-0.2, 0) is 0 Å². The van der Waals surface area contributed by atoms with Crippen LogP contribution in [0.25, 0.3) is 11.1 Å². The van der Waals surface area contributed by atoms with E-state index in [0.717, 1.165) is 6.07 Å². The maximum Gasteiger partial charge on any atom is 0.287 e. The molecule has 18 heavy (non-hydrogen) atoms. The van der Waals surface area contributed by atoms with Crippen LogP contribution in [0.3, 0.4) is 0 Å². The number of rotatable bonds is 2. The van der Waals surface area contributed by atoms with Gasteiger partial charge in [0.2, 0.25) is 0 Å². The number of phenols is 1. The van der Waals surface area contributed by atoms with E-state index in [9.17, 15) is 15.2 Å². The highest BCUT2D eigenvalue weighted by atomic mass is 16.6. The minimum atomic E-state index is -0.634. The van der Waals surface area contributed by atoms with Crippen LogP contribution in [0.5, 0.6) is 5.75 Å². The zero-order valence-electron chi connectivity index (χ0n) is 9.20. The largest absolute Gasteiger partial charge is 0.507 e. The van der Waals surface area contributed by atoms with Crippen molar-refractivity contribution in [1.82, 2.24) is 0 Å². The Balaban J connectivity index is 2.67. The quantitative estimate of drug-likeness (QED) is 0.645. The van der Waals surface area contributed by atoms with Gasteiger partial charge in [0, 0.05) is 17.7 Å². The summed E-state index contributed by atoms with van der Waals surface area (Å²) in [6.07, 6.45) is 0. The van der Waals surface area contributed by atoms with Crippen LogP contribution in [0.4, 0.5) is 5.69 Å². The molecule has 0 radical (unpaired) electrons. The molecule has 0 fully saturated rings. The van der Waals surface area contributed by atoms with Crippen LogP contribution >= 0.6 is 0 Å². The summed E-state index contributed by atoms with van der Waals surface area (Å²) in [6, 6.07) is 12.8. The lowest BCUT2D eigenvalue weighted by Gasteiger charge is -2.05. The number of hydrogen-bond acceptors (Lipinski definition) is 4. The maximum atomic E-state index is 10.8. The van der Waals surface area contributed by atoms with Gasteiger partial charge in [-0.1, -0.05) is 30.3 Å². The smallest absolute Gasteiger partial charge is 0.287 e. The number of phenolic OH excluding ortho intramolecular Hbond substituents is 1. The van der Waals surface area contributed by atoms with Crippen molar-refractivity contribution in [3.05, 3.63) is 58.1 Å². The van der Waals surface area contributed by atoms with Crippen molar-refractivity contribution in [2.24, 2.45) is 0 Å². The molecule has 2 aromatic carbocycles. The van der Waals surface area contributed by atoms with Crippen molar-refractivity contribution in [2.45, 2.75) is 0 Å². The molecule has 1 N–H and O–H groups in total. The van der Waals surface area contributed by atoms with Gasteiger partial charge in [-0.15, -0.1) is 0 Å². The number of benzene rings is 2. The van der Waals surface area contributed by atoms with E-state index in [1.165, 1.54) is 6.07 Å². The zero-order chi connectivity index (χ0) is 13.1. The summed E-state index contributed by atoms with van der Waals surface area (Å²) in [6.45, 7) is 0. The van der Waals surface area contributed by atoms with Gasteiger partial charge in [0.15, 0.2) is 0 Å². The number of nitriles is 1. The fourth-order valence-electron chi connectivity index (χ4n) is 1.67. The lowest BCUT2D eigenvalue weighted by molar-refractivity contribution is -0.385. The number of aromatic hydroxyl groups is 1. The zero-order valence-corrected chi connectivity index (χ0v) is 9.20. The molecular weight excluding hydrogens is 232 g/mol. The van der Waals surface area contributed by atoms with Crippen molar-refractivity contribution < 1.29 is 10.0 Å². The fraction of sp³-hybridized carbons (Fsp3) is 0. The topological polar surface area (TPSA) is 87.2 Å². The lowest BCUT2D eigenvalue weighted by Crippen LogP contribution is -1.93. The first-order chi connectivity index (χ1) is 8.63. The molecule has 5 nitrogen and oxygen atoms in total. The predicted molar refractivity (Wildman–Crippen MR) is 64.9 cm³/mol. The first-order valence-electron chi connectivity index (χ1n) is 5.10. The minimum absolute atomic E-state index is 0.150. The third kappa shape index (κ3) is 1.99. The SMILES string of the molecule is N#Cc1cc(O)c(-c2ccccc2)cc1[N+](=O)[O-]. The molecule has 0 bridgehead atoms. The molecule has 0 saturated heterocycles. The Labute approximate surface area is 103 Å². The lowest BCUT2D eigenvalue weighted by atomic mass is 10.0. The van der Waals surface area contributed by atoms with Crippen LogP contribution in [0.2, 0.25) is 0 Å². The van der Waals surface area contributed by atoms with Crippen LogP contribution in [0.1, 0.15) is 5.56 Å². The summed E-state index contributed by atoms with van der Waals surface area (Å²) in [4.78, 5) is 10.2. The summed E-state index contributed by atoms with van der Waals surface area (Å²) in [7, 11) is 0. The second kappa shape index (κ2) is 4.55. The summed E-state index contributed by atoms with van der Waals surface area (Å²) < 4.78 is 0. The highest BCUT2D eigenvalue weighted by Crippen LogP contribution is 2.34. The maximum absolute atomic E-state index is 10.8. The van der Waals surface area contributed by atoms with Crippen LogP contribution in [0.15, 0.2) is 42.5 Å². The van der Waals surface area contributed by atoms with Gasteiger partial charge in [0.1, 0.15) is 17.4 Å². The number of nitro groups is 1. The van der Waals surface area contributed by atoms with Crippen molar-refractivity contribution >= 4 is 5.69 Å². The summed E-state index contributed by atoms with van der Waals surface area (Å²) in [5.41, 5.74) is 0.523. The van der Waals surface area contributed by atoms with E-state index in [2.05, 4.69) is 0 Å². The summed E-state index contributed by atoms with van der Waals surface area (Å²) >= 11 is 0. The van der Waals surface area contributed by atoms with Gasteiger partial charge < -0.3 is 5.11 Å². The normalized spacial score (nSPS) is 9.72. The van der Waals surface area contributed by atoms with Gasteiger partial charge in [0.05, 0.1) is 4.92 Å². The van der Waals surface area contributed by atoms with Crippen molar-refractivity contribution in [1.29, 1.82) is 5.26 Å². The summed E-state index contributed by atoms with van der Waals surface area (Å²) in [5.74, 6) is -0.150. The Morgan fingerprint density at radius 1 is 1.22 bits per heavy atom. The number of nitro benzene ring substituents is 1. The Kier molecular flexibility index (Phi) is 2.94. The molecule has 0 aliphatic rings. The Hall–Kier alpha value is -2.87. The monoisotopic (exact) mass is 240 g/mol. The molecule has 0 aliphatic heterocycles. The van der Waals surface area contributed by atoms with E-state index in [-0.39, 0.29) is 17.0 Å². The first kappa shape index (κ1) is 11.6. The molecule has 0 unspecified atom stereocenters.